The molecule has 26 heavy (non-hydrogen) atoms. The number of allylic oxidation sites excluding steroid dienone is 1. The van der Waals surface area contributed by atoms with Gasteiger partial charge in [-0.2, -0.15) is 0 Å². The van der Waals surface area contributed by atoms with Crippen molar-refractivity contribution in [2.24, 2.45) is 0 Å². The average molecular weight is 359 g/mol. The molecule has 8 nitrogen and oxygen atoms in total. The van der Waals surface area contributed by atoms with Crippen molar-refractivity contribution in [3.05, 3.63) is 53.1 Å². The van der Waals surface area contributed by atoms with Gasteiger partial charge in [-0.15, -0.1) is 6.58 Å². The Morgan fingerprint density at radius 2 is 2.19 bits per heavy atom. The first-order valence-electron chi connectivity index (χ1n) is 7.78. The number of unbranched alkanes of at least 4 members (excludes halogenated alkanes) is 1. The number of ether oxygens (including phenoxy) is 3. The van der Waals surface area contributed by atoms with Gasteiger partial charge in [0.1, 0.15) is 16.9 Å². The van der Waals surface area contributed by atoms with Crippen LogP contribution in [0.25, 0.3) is 21.6 Å². The van der Waals surface area contributed by atoms with Crippen LogP contribution >= 0.6 is 0 Å². The predicted molar refractivity (Wildman–Crippen MR) is 94.1 cm³/mol. The molecule has 0 aliphatic heterocycles. The first-order chi connectivity index (χ1) is 12.6. The van der Waals surface area contributed by atoms with Crippen LogP contribution in [0.15, 0.2) is 41.2 Å². The smallest absolute Gasteiger partial charge is 0.475 e. The normalized spacial score (nSPS) is 11.4. The Labute approximate surface area is 149 Å². The fraction of sp³-hybridized carbons (Fsp3) is 0.278. The number of hydrogen-bond acceptors (Lipinski definition) is 7. The molecule has 0 unspecified atom stereocenters. The lowest BCUT2D eigenvalue weighted by molar-refractivity contribution is 0.0467. The van der Waals surface area contributed by atoms with Gasteiger partial charge in [0.15, 0.2) is 4.98 Å². The van der Waals surface area contributed by atoms with Gasteiger partial charge in [-0.3, -0.25) is 0 Å². The molecule has 8 heteroatoms. The van der Waals surface area contributed by atoms with Crippen molar-refractivity contribution in [1.82, 2.24) is 0 Å². The second-order valence-corrected chi connectivity index (χ2v) is 5.19. The van der Waals surface area contributed by atoms with Gasteiger partial charge in [0.2, 0.25) is 11.2 Å². The molecular weight excluding hydrogens is 340 g/mol. The molecule has 0 saturated carbocycles. The van der Waals surface area contributed by atoms with Crippen molar-refractivity contribution < 1.29 is 28.5 Å². The van der Waals surface area contributed by atoms with Crippen LogP contribution in [0.4, 0.5) is 0 Å². The molecule has 0 radical (unpaired) electrons. The van der Waals surface area contributed by atoms with Crippen LogP contribution < -0.4 is 4.74 Å². The van der Waals surface area contributed by atoms with Gasteiger partial charge in [0.25, 0.3) is 0 Å². The molecule has 0 aliphatic carbocycles. The third kappa shape index (κ3) is 3.78. The highest BCUT2D eigenvalue weighted by Gasteiger charge is 2.36. The zero-order chi connectivity index (χ0) is 19.1. The number of carbonyl (C=O) groups is 1. The minimum absolute atomic E-state index is 0.0539. The third-order valence-corrected chi connectivity index (χ3v) is 3.60. The fourth-order valence-corrected chi connectivity index (χ4v) is 2.34. The molecule has 136 valence electrons. The number of rotatable bonds is 8. The molecule has 1 aromatic carbocycles. The SMILES string of the molecule is C=CCCCOC(=O)c1oc2cc(OC)ccc2c1/C([N+]#N)=C(\O)OC. The summed E-state index contributed by atoms with van der Waals surface area (Å²) >= 11 is 0. The van der Waals surface area contributed by atoms with E-state index in [4.69, 9.17) is 18.6 Å². The standard InChI is InChI=1S/C18H18N2O6/c1-4-5-6-9-25-18(22)16-14(15(20-19)17(21)24-3)12-8-7-11(23-2)10-13(12)26-16/h4,7-8,10H,1,5-6,9H2,2-3H3/p+1. The maximum atomic E-state index is 12.4. The van der Waals surface area contributed by atoms with Crippen LogP contribution in [0, 0.1) is 5.39 Å². The van der Waals surface area contributed by atoms with E-state index in [9.17, 15) is 15.3 Å². The number of hydrogen-bond donors (Lipinski definition) is 1. The van der Waals surface area contributed by atoms with Gasteiger partial charge < -0.3 is 23.7 Å². The predicted octanol–water partition coefficient (Wildman–Crippen LogP) is 4.25. The minimum Gasteiger partial charge on any atom is -0.497 e. The Kier molecular flexibility index (Phi) is 6.22. The van der Waals surface area contributed by atoms with E-state index in [1.165, 1.54) is 14.2 Å². The Hall–Kier alpha value is -3.47. The van der Waals surface area contributed by atoms with Crippen molar-refractivity contribution in [3.63, 3.8) is 0 Å². The summed E-state index contributed by atoms with van der Waals surface area (Å²) in [5.41, 5.74) is -0.00451. The molecule has 0 fully saturated rings. The third-order valence-electron chi connectivity index (χ3n) is 3.60. The largest absolute Gasteiger partial charge is 0.497 e. The number of fused-ring (bicyclic) bond motifs is 1. The van der Waals surface area contributed by atoms with Gasteiger partial charge >= 0.3 is 17.6 Å². The summed E-state index contributed by atoms with van der Waals surface area (Å²) in [5, 5.41) is 19.6. The second-order valence-electron chi connectivity index (χ2n) is 5.19. The van der Waals surface area contributed by atoms with E-state index in [0.29, 0.717) is 29.6 Å². The monoisotopic (exact) mass is 359 g/mol. The Bertz CT molecular complexity index is 891. The van der Waals surface area contributed by atoms with Crippen molar-refractivity contribution >= 4 is 22.6 Å². The Morgan fingerprint density at radius 1 is 1.42 bits per heavy atom. The lowest BCUT2D eigenvalue weighted by atomic mass is 10.1. The van der Waals surface area contributed by atoms with Gasteiger partial charge in [0, 0.05) is 11.5 Å². The first kappa shape index (κ1) is 18.9. The Morgan fingerprint density at radius 3 is 2.81 bits per heavy atom. The minimum atomic E-state index is -0.760. The number of diazo groups is 1. The molecular formula is C18H19N2O6+. The number of esters is 1. The van der Waals surface area contributed by atoms with Crippen LogP contribution in [0.2, 0.25) is 0 Å². The lowest BCUT2D eigenvalue weighted by Gasteiger charge is -2.02. The van der Waals surface area contributed by atoms with Crippen LogP contribution in [0.3, 0.4) is 0 Å². The molecule has 0 spiro atoms. The highest BCUT2D eigenvalue weighted by Crippen LogP contribution is 2.36. The maximum absolute atomic E-state index is 12.4. The molecule has 1 heterocycles. The van der Waals surface area contributed by atoms with Crippen LogP contribution in [-0.2, 0) is 9.47 Å². The van der Waals surface area contributed by atoms with E-state index in [2.05, 4.69) is 11.6 Å². The van der Waals surface area contributed by atoms with Crippen molar-refractivity contribution in [2.45, 2.75) is 12.8 Å². The Balaban J connectivity index is 2.57. The van der Waals surface area contributed by atoms with Crippen LogP contribution in [0.5, 0.6) is 5.75 Å². The van der Waals surface area contributed by atoms with Crippen LogP contribution in [0.1, 0.15) is 29.0 Å². The zero-order valence-corrected chi connectivity index (χ0v) is 14.5. The average Bonchev–Trinajstić information content (AvgIpc) is 3.04. The summed E-state index contributed by atoms with van der Waals surface area (Å²) in [7, 11) is 2.68. The van der Waals surface area contributed by atoms with E-state index in [1.807, 2.05) is 0 Å². The van der Waals surface area contributed by atoms with Gasteiger partial charge in [-0.05, 0) is 25.0 Å². The molecule has 0 amide bonds. The number of furan rings is 1. The van der Waals surface area contributed by atoms with Crippen molar-refractivity contribution in [2.75, 3.05) is 20.8 Å². The van der Waals surface area contributed by atoms with Crippen molar-refractivity contribution in [3.8, 4) is 5.75 Å². The topological polar surface area (TPSA) is 106 Å². The van der Waals surface area contributed by atoms with E-state index in [1.54, 1.807) is 24.3 Å². The molecule has 0 bridgehead atoms. The van der Waals surface area contributed by atoms with Crippen LogP contribution in [-0.4, -0.2) is 31.9 Å². The first-order valence-corrected chi connectivity index (χ1v) is 7.78. The zero-order valence-electron chi connectivity index (χ0n) is 14.5. The second kappa shape index (κ2) is 8.58. The molecule has 1 aromatic heterocycles. The highest BCUT2D eigenvalue weighted by molar-refractivity contribution is 6.04. The van der Waals surface area contributed by atoms with E-state index < -0.39 is 11.9 Å². The molecule has 2 rings (SSSR count). The van der Waals surface area contributed by atoms with Gasteiger partial charge in [-0.25, -0.2) is 4.79 Å². The molecule has 0 atom stereocenters. The van der Waals surface area contributed by atoms with E-state index in [-0.39, 0.29) is 23.6 Å². The summed E-state index contributed by atoms with van der Waals surface area (Å²) < 4.78 is 20.6. The fourth-order valence-electron chi connectivity index (χ4n) is 2.34. The number of aliphatic hydroxyl groups is 1. The number of nitrogens with zero attached hydrogens (tertiary/aromatic N) is 2. The van der Waals surface area contributed by atoms with E-state index in [0.717, 1.165) is 0 Å². The highest BCUT2D eigenvalue weighted by atomic mass is 16.6. The summed E-state index contributed by atoms with van der Waals surface area (Å²) in [4.78, 5) is 15.5. The summed E-state index contributed by atoms with van der Waals surface area (Å²) in [6.45, 7) is 3.76. The van der Waals surface area contributed by atoms with Gasteiger partial charge in [0.05, 0.1) is 20.8 Å². The molecule has 0 saturated heterocycles. The maximum Gasteiger partial charge on any atom is 0.475 e. The van der Waals surface area contributed by atoms with Crippen molar-refractivity contribution in [1.29, 1.82) is 5.39 Å². The van der Waals surface area contributed by atoms with Gasteiger partial charge in [-0.1, -0.05) is 6.08 Å². The molecule has 0 aliphatic rings. The number of aliphatic hydroxyl groups excluding tert-OH is 1. The van der Waals surface area contributed by atoms with E-state index >= 15 is 0 Å². The molecule has 2 aromatic rings. The quantitative estimate of drug-likeness (QED) is 0.247. The number of methoxy groups -OCH3 is 2. The molecule has 1 N–H and O–H groups in total. The number of carbonyl (C=O) groups excluding carboxylic acids is 1. The summed E-state index contributed by atoms with van der Waals surface area (Å²) in [6, 6.07) is 4.81. The summed E-state index contributed by atoms with van der Waals surface area (Å²) in [5.74, 6) is -1.15. The summed E-state index contributed by atoms with van der Waals surface area (Å²) in [6.07, 6.45) is 3.02. The lowest BCUT2D eigenvalue weighted by Crippen LogP contribution is -2.08. The number of benzene rings is 1.